The molecule has 1 radical (unpaired) electrons. The normalized spacial score (nSPS) is 9.55. The first-order chi connectivity index (χ1) is 5.36. The molecule has 0 heterocycles. The van der Waals surface area contributed by atoms with Gasteiger partial charge in [-0.3, -0.25) is 4.79 Å². The Morgan fingerprint density at radius 3 is 2.36 bits per heavy atom. The maximum absolute atomic E-state index is 10.3. The predicted octanol–water partition coefficient (Wildman–Crippen LogP) is 2.27. The van der Waals surface area contributed by atoms with E-state index in [-0.39, 0.29) is 0 Å². The third-order valence-corrected chi connectivity index (χ3v) is 1.58. The van der Waals surface area contributed by atoms with Crippen LogP contribution < -0.4 is 0 Å². The number of aldehydes is 1. The number of hydrogen-bond donors (Lipinski definition) is 0. The fourth-order valence-electron chi connectivity index (χ4n) is 0.967. The van der Waals surface area contributed by atoms with Crippen LogP contribution in [0.25, 0.3) is 0 Å². The topological polar surface area (TPSA) is 17.1 Å². The van der Waals surface area contributed by atoms with Gasteiger partial charge in [0.25, 0.3) is 0 Å². The number of benzene rings is 1. The number of hydrogen-bond acceptors (Lipinski definition) is 1. The zero-order valence-electron chi connectivity index (χ0n) is 6.42. The van der Waals surface area contributed by atoms with Crippen LogP contribution in [0.1, 0.15) is 22.3 Å². The SMILES string of the molecule is [CH2]CCc1ccc(C=O)cc1. The molecular weight excluding hydrogens is 136 g/mol. The molecule has 0 aliphatic rings. The van der Waals surface area contributed by atoms with Gasteiger partial charge in [-0.15, -0.1) is 0 Å². The highest BCUT2D eigenvalue weighted by Gasteiger charge is 1.90. The second-order valence-electron chi connectivity index (χ2n) is 2.46. The number of carbonyl (C=O) groups excluding carboxylic acids is 1. The summed E-state index contributed by atoms with van der Waals surface area (Å²) in [5, 5.41) is 0. The van der Waals surface area contributed by atoms with Crippen LogP contribution in [-0.2, 0) is 6.42 Å². The number of carbonyl (C=O) groups is 1. The Kier molecular flexibility index (Phi) is 2.84. The summed E-state index contributed by atoms with van der Waals surface area (Å²) in [5.74, 6) is 0. The van der Waals surface area contributed by atoms with Gasteiger partial charge in [-0.2, -0.15) is 0 Å². The minimum Gasteiger partial charge on any atom is -0.298 e. The van der Waals surface area contributed by atoms with Gasteiger partial charge in [-0.1, -0.05) is 31.2 Å². The van der Waals surface area contributed by atoms with Crippen molar-refractivity contribution in [3.63, 3.8) is 0 Å². The lowest BCUT2D eigenvalue weighted by Crippen LogP contribution is -1.84. The number of rotatable bonds is 3. The first kappa shape index (κ1) is 7.99. The van der Waals surface area contributed by atoms with Crippen molar-refractivity contribution in [2.45, 2.75) is 12.8 Å². The quantitative estimate of drug-likeness (QED) is 0.599. The molecule has 11 heavy (non-hydrogen) atoms. The van der Waals surface area contributed by atoms with Crippen LogP contribution in [0.4, 0.5) is 0 Å². The van der Waals surface area contributed by atoms with Crippen LogP contribution in [0.3, 0.4) is 0 Å². The van der Waals surface area contributed by atoms with Gasteiger partial charge in [0.1, 0.15) is 6.29 Å². The fraction of sp³-hybridized carbons (Fsp3) is 0.200. The second kappa shape index (κ2) is 3.91. The molecule has 0 atom stereocenters. The highest BCUT2D eigenvalue weighted by atomic mass is 16.1. The molecule has 0 aliphatic heterocycles. The highest BCUT2D eigenvalue weighted by Crippen LogP contribution is 2.04. The van der Waals surface area contributed by atoms with E-state index in [0.717, 1.165) is 24.7 Å². The maximum Gasteiger partial charge on any atom is 0.150 e. The van der Waals surface area contributed by atoms with Crippen LogP contribution >= 0.6 is 0 Å². The van der Waals surface area contributed by atoms with Gasteiger partial charge in [0.2, 0.25) is 0 Å². The lowest BCUT2D eigenvalue weighted by molar-refractivity contribution is 0.112. The van der Waals surface area contributed by atoms with Gasteiger partial charge in [-0.05, 0) is 18.4 Å². The van der Waals surface area contributed by atoms with E-state index in [2.05, 4.69) is 6.92 Å². The molecule has 0 amide bonds. The van der Waals surface area contributed by atoms with E-state index in [4.69, 9.17) is 0 Å². The van der Waals surface area contributed by atoms with Crippen molar-refractivity contribution in [3.8, 4) is 0 Å². The molecule has 0 unspecified atom stereocenters. The monoisotopic (exact) mass is 147 g/mol. The largest absolute Gasteiger partial charge is 0.298 e. The third-order valence-electron chi connectivity index (χ3n) is 1.58. The predicted molar refractivity (Wildman–Crippen MR) is 45.5 cm³/mol. The van der Waals surface area contributed by atoms with Gasteiger partial charge in [0.15, 0.2) is 0 Å². The molecule has 0 saturated carbocycles. The Morgan fingerprint density at radius 2 is 1.91 bits per heavy atom. The third kappa shape index (κ3) is 2.19. The zero-order chi connectivity index (χ0) is 8.10. The molecule has 57 valence electrons. The van der Waals surface area contributed by atoms with Gasteiger partial charge < -0.3 is 0 Å². The van der Waals surface area contributed by atoms with Crippen LogP contribution in [0, 0.1) is 6.92 Å². The van der Waals surface area contributed by atoms with E-state index in [0.29, 0.717) is 0 Å². The Hall–Kier alpha value is -1.11. The van der Waals surface area contributed by atoms with Gasteiger partial charge in [0.05, 0.1) is 0 Å². The van der Waals surface area contributed by atoms with Crippen LogP contribution in [0.5, 0.6) is 0 Å². The molecule has 0 fully saturated rings. The zero-order valence-corrected chi connectivity index (χ0v) is 6.42. The van der Waals surface area contributed by atoms with Gasteiger partial charge >= 0.3 is 0 Å². The molecule has 0 aliphatic carbocycles. The van der Waals surface area contributed by atoms with Crippen molar-refractivity contribution in [2.24, 2.45) is 0 Å². The van der Waals surface area contributed by atoms with E-state index < -0.39 is 0 Å². The molecule has 1 aromatic carbocycles. The molecular formula is C10H11O. The van der Waals surface area contributed by atoms with E-state index in [1.165, 1.54) is 5.56 Å². The Balaban J connectivity index is 2.74. The van der Waals surface area contributed by atoms with Crippen molar-refractivity contribution in [2.75, 3.05) is 0 Å². The summed E-state index contributed by atoms with van der Waals surface area (Å²) in [4.78, 5) is 10.3. The molecule has 0 aromatic heterocycles. The van der Waals surface area contributed by atoms with E-state index >= 15 is 0 Å². The average molecular weight is 147 g/mol. The molecule has 0 N–H and O–H groups in total. The second-order valence-corrected chi connectivity index (χ2v) is 2.46. The molecule has 0 saturated heterocycles. The van der Waals surface area contributed by atoms with Crippen molar-refractivity contribution >= 4 is 6.29 Å². The molecule has 1 nitrogen and oxygen atoms in total. The Morgan fingerprint density at radius 1 is 1.27 bits per heavy atom. The molecule has 0 bridgehead atoms. The first-order valence-corrected chi connectivity index (χ1v) is 3.70. The number of aryl methyl sites for hydroxylation is 1. The first-order valence-electron chi connectivity index (χ1n) is 3.70. The smallest absolute Gasteiger partial charge is 0.150 e. The molecule has 1 rings (SSSR count). The summed E-state index contributed by atoms with van der Waals surface area (Å²) in [7, 11) is 0. The van der Waals surface area contributed by atoms with E-state index in [1.807, 2.05) is 24.3 Å². The lowest BCUT2D eigenvalue weighted by Gasteiger charge is -1.96. The lowest BCUT2D eigenvalue weighted by atomic mass is 10.1. The molecule has 0 spiro atoms. The minimum absolute atomic E-state index is 0.734. The van der Waals surface area contributed by atoms with Gasteiger partial charge in [0, 0.05) is 5.56 Å². The molecule has 1 aromatic rings. The summed E-state index contributed by atoms with van der Waals surface area (Å²) in [5.41, 5.74) is 1.98. The Bertz CT molecular complexity index is 223. The molecule has 1 heteroatoms. The highest BCUT2D eigenvalue weighted by molar-refractivity contribution is 5.74. The summed E-state index contributed by atoms with van der Waals surface area (Å²) in [6, 6.07) is 7.60. The maximum atomic E-state index is 10.3. The van der Waals surface area contributed by atoms with Crippen molar-refractivity contribution in [1.29, 1.82) is 0 Å². The van der Waals surface area contributed by atoms with Gasteiger partial charge in [-0.25, -0.2) is 0 Å². The summed E-state index contributed by atoms with van der Waals surface area (Å²) in [6.07, 6.45) is 2.74. The van der Waals surface area contributed by atoms with Crippen molar-refractivity contribution in [1.82, 2.24) is 0 Å². The van der Waals surface area contributed by atoms with Crippen LogP contribution in [0.15, 0.2) is 24.3 Å². The van der Waals surface area contributed by atoms with E-state index in [9.17, 15) is 4.79 Å². The van der Waals surface area contributed by atoms with E-state index in [1.54, 1.807) is 0 Å². The summed E-state index contributed by atoms with van der Waals surface area (Å²) in [6.45, 7) is 3.75. The van der Waals surface area contributed by atoms with Crippen molar-refractivity contribution < 1.29 is 4.79 Å². The van der Waals surface area contributed by atoms with Crippen molar-refractivity contribution in [3.05, 3.63) is 42.3 Å². The van der Waals surface area contributed by atoms with Crippen LogP contribution in [-0.4, -0.2) is 6.29 Å². The standard InChI is InChI=1S/C10H11O/c1-2-3-9-4-6-10(8-11)7-5-9/h4-8H,1-3H2. The minimum atomic E-state index is 0.734. The van der Waals surface area contributed by atoms with Crippen LogP contribution in [0.2, 0.25) is 0 Å². The summed E-state index contributed by atoms with van der Waals surface area (Å²) < 4.78 is 0. The average Bonchev–Trinajstić information content (AvgIpc) is 2.07. The Labute approximate surface area is 67.1 Å². The summed E-state index contributed by atoms with van der Waals surface area (Å²) >= 11 is 0. The fourth-order valence-corrected chi connectivity index (χ4v) is 0.967.